The van der Waals surface area contributed by atoms with E-state index in [4.69, 9.17) is 16.2 Å². The van der Waals surface area contributed by atoms with Crippen LogP contribution in [0.5, 0.6) is 0 Å². The highest BCUT2D eigenvalue weighted by atomic mass is 16.5. The van der Waals surface area contributed by atoms with E-state index in [1.54, 1.807) is 18.2 Å². The first-order valence-corrected chi connectivity index (χ1v) is 5.58. The van der Waals surface area contributed by atoms with Crippen LogP contribution in [0.4, 0.5) is 11.4 Å². The van der Waals surface area contributed by atoms with Crippen LogP contribution in [0.3, 0.4) is 0 Å². The van der Waals surface area contributed by atoms with E-state index in [0.29, 0.717) is 30.2 Å². The molecule has 1 aromatic rings. The number of amides is 1. The smallest absolute Gasteiger partial charge is 0.250 e. The van der Waals surface area contributed by atoms with Crippen molar-refractivity contribution < 1.29 is 9.53 Å². The number of hydrogen-bond acceptors (Lipinski definition) is 4. The highest BCUT2D eigenvalue weighted by Gasteiger charge is 2.10. The van der Waals surface area contributed by atoms with Crippen LogP contribution in [0.1, 0.15) is 24.2 Å². The minimum Gasteiger partial charge on any atom is -0.399 e. The molecule has 1 unspecified atom stereocenters. The molecule has 0 bridgehead atoms. The van der Waals surface area contributed by atoms with E-state index in [9.17, 15) is 4.79 Å². The molecular weight excluding hydrogens is 218 g/mol. The molecule has 1 aromatic carbocycles. The van der Waals surface area contributed by atoms with Crippen molar-refractivity contribution in [1.82, 2.24) is 0 Å². The molecule has 0 heterocycles. The van der Waals surface area contributed by atoms with Gasteiger partial charge in [-0.15, -0.1) is 0 Å². The summed E-state index contributed by atoms with van der Waals surface area (Å²) >= 11 is 0. The maximum Gasteiger partial charge on any atom is 0.250 e. The van der Waals surface area contributed by atoms with Crippen LogP contribution in [0.15, 0.2) is 18.2 Å². The Kier molecular flexibility index (Phi) is 4.78. The van der Waals surface area contributed by atoms with Gasteiger partial charge in [0, 0.05) is 24.0 Å². The lowest BCUT2D eigenvalue weighted by Crippen LogP contribution is -2.24. The highest BCUT2D eigenvalue weighted by molar-refractivity contribution is 5.99. The zero-order chi connectivity index (χ0) is 12.8. The molecule has 0 aliphatic rings. The summed E-state index contributed by atoms with van der Waals surface area (Å²) in [5.41, 5.74) is 12.6. The van der Waals surface area contributed by atoms with Crippen molar-refractivity contribution in [2.45, 2.75) is 19.9 Å². The average Bonchev–Trinajstić information content (AvgIpc) is 2.26. The van der Waals surface area contributed by atoms with Crippen molar-refractivity contribution in [2.75, 3.05) is 24.3 Å². The molecule has 1 amide bonds. The Morgan fingerprint density at radius 1 is 1.53 bits per heavy atom. The number of nitrogen functional groups attached to an aromatic ring is 1. The number of ether oxygens (including phenoxy) is 1. The van der Waals surface area contributed by atoms with Crippen molar-refractivity contribution in [3.05, 3.63) is 23.8 Å². The molecule has 5 heteroatoms. The number of hydrogen-bond donors (Lipinski definition) is 3. The third-order valence-electron chi connectivity index (χ3n) is 2.28. The van der Waals surface area contributed by atoms with Gasteiger partial charge in [0.1, 0.15) is 0 Å². The van der Waals surface area contributed by atoms with Gasteiger partial charge in [-0.2, -0.15) is 0 Å². The zero-order valence-corrected chi connectivity index (χ0v) is 10.2. The SMILES string of the molecule is CCOCC(C)Nc1cc(N)ccc1C(N)=O. The van der Waals surface area contributed by atoms with Gasteiger partial charge >= 0.3 is 0 Å². The fraction of sp³-hybridized carbons (Fsp3) is 0.417. The Bertz CT molecular complexity index is 393. The second-order valence-corrected chi connectivity index (χ2v) is 3.87. The summed E-state index contributed by atoms with van der Waals surface area (Å²) in [6.45, 7) is 5.11. The fourth-order valence-corrected chi connectivity index (χ4v) is 1.50. The van der Waals surface area contributed by atoms with Crippen molar-refractivity contribution in [3.8, 4) is 0 Å². The summed E-state index contributed by atoms with van der Waals surface area (Å²) < 4.78 is 5.29. The number of carbonyl (C=O) groups is 1. The van der Waals surface area contributed by atoms with Crippen LogP contribution in [-0.2, 0) is 4.74 Å². The van der Waals surface area contributed by atoms with Crippen LogP contribution in [0.2, 0.25) is 0 Å². The van der Waals surface area contributed by atoms with Crippen LogP contribution in [-0.4, -0.2) is 25.2 Å². The predicted octanol–water partition coefficient (Wildman–Crippen LogP) is 1.20. The summed E-state index contributed by atoms with van der Waals surface area (Å²) in [7, 11) is 0. The number of nitrogens with one attached hydrogen (secondary N) is 1. The molecule has 5 N–H and O–H groups in total. The third-order valence-corrected chi connectivity index (χ3v) is 2.28. The normalized spacial score (nSPS) is 12.1. The molecule has 0 aliphatic carbocycles. The largest absolute Gasteiger partial charge is 0.399 e. The first-order chi connectivity index (χ1) is 8.04. The van der Waals surface area contributed by atoms with E-state index in [-0.39, 0.29) is 6.04 Å². The molecule has 5 nitrogen and oxygen atoms in total. The van der Waals surface area contributed by atoms with Crippen LogP contribution >= 0.6 is 0 Å². The Balaban J connectivity index is 2.81. The second kappa shape index (κ2) is 6.10. The van der Waals surface area contributed by atoms with E-state index in [1.807, 2.05) is 13.8 Å². The first-order valence-electron chi connectivity index (χ1n) is 5.58. The Hall–Kier alpha value is -1.75. The quantitative estimate of drug-likeness (QED) is 0.648. The first kappa shape index (κ1) is 13.3. The molecule has 17 heavy (non-hydrogen) atoms. The van der Waals surface area contributed by atoms with Crippen LogP contribution in [0.25, 0.3) is 0 Å². The monoisotopic (exact) mass is 237 g/mol. The van der Waals surface area contributed by atoms with Gasteiger partial charge in [0.2, 0.25) is 0 Å². The molecule has 0 aliphatic heterocycles. The topological polar surface area (TPSA) is 90.4 Å². The Morgan fingerprint density at radius 3 is 2.82 bits per heavy atom. The molecular formula is C12H19N3O2. The van der Waals surface area contributed by atoms with E-state index in [1.165, 1.54) is 0 Å². The van der Waals surface area contributed by atoms with E-state index in [2.05, 4.69) is 5.32 Å². The summed E-state index contributed by atoms with van der Waals surface area (Å²) in [6, 6.07) is 5.05. The van der Waals surface area contributed by atoms with Gasteiger partial charge in [-0.3, -0.25) is 4.79 Å². The second-order valence-electron chi connectivity index (χ2n) is 3.87. The molecule has 0 saturated heterocycles. The molecule has 0 saturated carbocycles. The summed E-state index contributed by atoms with van der Waals surface area (Å²) in [4.78, 5) is 11.2. The van der Waals surface area contributed by atoms with E-state index >= 15 is 0 Å². The molecule has 0 spiro atoms. The maximum absolute atomic E-state index is 11.2. The molecule has 0 aromatic heterocycles. The standard InChI is InChI=1S/C12H19N3O2/c1-3-17-7-8(2)15-11-6-9(13)4-5-10(11)12(14)16/h4-6,8,15H,3,7,13H2,1-2H3,(H2,14,16). The summed E-state index contributed by atoms with van der Waals surface area (Å²) in [5, 5.41) is 3.16. The van der Waals surface area contributed by atoms with Gasteiger partial charge in [-0.05, 0) is 32.0 Å². The minimum absolute atomic E-state index is 0.0786. The molecule has 0 radical (unpaired) electrons. The number of carbonyl (C=O) groups excluding carboxylic acids is 1. The lowest BCUT2D eigenvalue weighted by Gasteiger charge is -2.17. The van der Waals surface area contributed by atoms with Crippen LogP contribution in [0, 0.1) is 0 Å². The van der Waals surface area contributed by atoms with E-state index < -0.39 is 5.91 Å². The van der Waals surface area contributed by atoms with Crippen molar-refractivity contribution in [1.29, 1.82) is 0 Å². The zero-order valence-electron chi connectivity index (χ0n) is 10.2. The van der Waals surface area contributed by atoms with E-state index in [0.717, 1.165) is 0 Å². The number of benzene rings is 1. The number of nitrogens with two attached hydrogens (primary N) is 2. The third kappa shape index (κ3) is 3.96. The minimum atomic E-state index is -0.476. The fourth-order valence-electron chi connectivity index (χ4n) is 1.50. The predicted molar refractivity (Wildman–Crippen MR) is 69.0 cm³/mol. The van der Waals surface area contributed by atoms with Crippen molar-refractivity contribution >= 4 is 17.3 Å². The summed E-state index contributed by atoms with van der Waals surface area (Å²) in [5.74, 6) is -0.476. The van der Waals surface area contributed by atoms with Gasteiger partial charge in [0.05, 0.1) is 12.2 Å². The van der Waals surface area contributed by atoms with Crippen LogP contribution < -0.4 is 16.8 Å². The average molecular weight is 237 g/mol. The number of primary amides is 1. The van der Waals surface area contributed by atoms with Gasteiger partial charge < -0.3 is 21.5 Å². The molecule has 94 valence electrons. The van der Waals surface area contributed by atoms with Gasteiger partial charge in [0.25, 0.3) is 5.91 Å². The van der Waals surface area contributed by atoms with Gasteiger partial charge in [-0.25, -0.2) is 0 Å². The Morgan fingerprint density at radius 2 is 2.24 bits per heavy atom. The van der Waals surface area contributed by atoms with Gasteiger partial charge in [-0.1, -0.05) is 0 Å². The number of rotatable bonds is 6. The lowest BCUT2D eigenvalue weighted by atomic mass is 10.1. The number of anilines is 2. The summed E-state index contributed by atoms with van der Waals surface area (Å²) in [6.07, 6.45) is 0. The lowest BCUT2D eigenvalue weighted by molar-refractivity contribution is 0.100. The van der Waals surface area contributed by atoms with Crippen molar-refractivity contribution in [2.24, 2.45) is 5.73 Å². The molecule has 1 atom stereocenters. The highest BCUT2D eigenvalue weighted by Crippen LogP contribution is 2.19. The Labute approximate surface area is 101 Å². The maximum atomic E-state index is 11.2. The van der Waals surface area contributed by atoms with Gasteiger partial charge in [0.15, 0.2) is 0 Å². The molecule has 0 fully saturated rings. The molecule has 1 rings (SSSR count). The van der Waals surface area contributed by atoms with Crippen molar-refractivity contribution in [3.63, 3.8) is 0 Å².